The number of nitrogens with zero attached hydrogens (tertiary/aromatic N) is 3. The van der Waals surface area contributed by atoms with E-state index in [0.29, 0.717) is 19.6 Å². The van der Waals surface area contributed by atoms with Gasteiger partial charge in [-0.15, -0.1) is 0 Å². The van der Waals surface area contributed by atoms with E-state index >= 15 is 0 Å². The number of benzene rings is 1. The first-order valence-corrected chi connectivity index (χ1v) is 10.9. The van der Waals surface area contributed by atoms with Gasteiger partial charge in [0.15, 0.2) is 0 Å². The highest BCUT2D eigenvalue weighted by Crippen LogP contribution is 2.49. The standard InChI is InChI=1S/C23H26N4O4/c28-12-17-18-10-27(22(29)8-20-16-5-1-2-6-19(16)24-25-20)14-23(18)13-26(11-21(17)31-23)9-15-4-3-7-30-15/h1-7,17-18,21,28H,8-14H2,(H,24,25)/t17-,18+,21+,23+/m0/s1. The van der Waals surface area contributed by atoms with Crippen molar-refractivity contribution in [3.05, 3.63) is 54.1 Å². The Kier molecular flexibility index (Phi) is 4.41. The van der Waals surface area contributed by atoms with E-state index in [1.807, 2.05) is 41.3 Å². The third-order valence-electron chi connectivity index (χ3n) is 7.25. The summed E-state index contributed by atoms with van der Waals surface area (Å²) in [5, 5.41) is 18.4. The summed E-state index contributed by atoms with van der Waals surface area (Å²) in [6.45, 7) is 3.50. The highest BCUT2D eigenvalue weighted by atomic mass is 16.5. The molecule has 0 saturated carbocycles. The molecule has 3 fully saturated rings. The lowest BCUT2D eigenvalue weighted by atomic mass is 9.83. The number of ether oxygens (including phenoxy) is 1. The molecule has 1 spiro atoms. The maximum Gasteiger partial charge on any atom is 0.228 e. The summed E-state index contributed by atoms with van der Waals surface area (Å²) in [6, 6.07) is 11.7. The van der Waals surface area contributed by atoms with Gasteiger partial charge in [-0.05, 0) is 18.2 Å². The van der Waals surface area contributed by atoms with Gasteiger partial charge in [-0.2, -0.15) is 5.10 Å². The Morgan fingerprint density at radius 2 is 2.13 bits per heavy atom. The first-order chi connectivity index (χ1) is 15.1. The lowest BCUT2D eigenvalue weighted by Crippen LogP contribution is -2.54. The topological polar surface area (TPSA) is 94.8 Å². The number of rotatable bonds is 5. The zero-order valence-corrected chi connectivity index (χ0v) is 17.2. The van der Waals surface area contributed by atoms with Crippen LogP contribution in [-0.2, 0) is 22.5 Å². The largest absolute Gasteiger partial charge is 0.468 e. The van der Waals surface area contributed by atoms with E-state index in [9.17, 15) is 9.90 Å². The van der Waals surface area contributed by atoms with Crippen LogP contribution in [-0.4, -0.2) is 75.5 Å². The van der Waals surface area contributed by atoms with Gasteiger partial charge < -0.3 is 19.2 Å². The summed E-state index contributed by atoms with van der Waals surface area (Å²) in [5.41, 5.74) is 1.29. The molecule has 4 atom stereocenters. The summed E-state index contributed by atoms with van der Waals surface area (Å²) < 4.78 is 12.0. The van der Waals surface area contributed by atoms with Crippen molar-refractivity contribution in [1.29, 1.82) is 0 Å². The number of aromatic amines is 1. The number of hydrogen-bond acceptors (Lipinski definition) is 6. The van der Waals surface area contributed by atoms with E-state index in [4.69, 9.17) is 9.15 Å². The molecule has 8 heteroatoms. The van der Waals surface area contributed by atoms with Crippen molar-refractivity contribution in [2.24, 2.45) is 11.8 Å². The average Bonchev–Trinajstić information content (AvgIpc) is 3.52. The summed E-state index contributed by atoms with van der Waals surface area (Å²) in [4.78, 5) is 17.5. The third kappa shape index (κ3) is 3.09. The van der Waals surface area contributed by atoms with Crippen LogP contribution < -0.4 is 0 Å². The molecule has 0 radical (unpaired) electrons. The number of H-pyrrole nitrogens is 1. The fraction of sp³-hybridized carbons (Fsp3) is 0.478. The number of fused-ring (bicyclic) bond motifs is 2. The second kappa shape index (κ2) is 7.19. The van der Waals surface area contributed by atoms with Gasteiger partial charge in [-0.25, -0.2) is 0 Å². The molecule has 0 unspecified atom stereocenters. The number of morpholine rings is 1. The Labute approximate surface area is 179 Å². The van der Waals surface area contributed by atoms with Crippen molar-refractivity contribution < 1.29 is 19.1 Å². The Balaban J connectivity index is 1.21. The van der Waals surface area contributed by atoms with Crippen LogP contribution in [0.1, 0.15) is 11.5 Å². The maximum absolute atomic E-state index is 13.2. The number of carbonyl (C=O) groups is 1. The van der Waals surface area contributed by atoms with Crippen LogP contribution in [0.2, 0.25) is 0 Å². The minimum atomic E-state index is -0.422. The van der Waals surface area contributed by atoms with Gasteiger partial charge in [0.1, 0.15) is 11.4 Å². The molecule has 1 aromatic carbocycles. The number of aliphatic hydroxyl groups is 1. The van der Waals surface area contributed by atoms with Crippen molar-refractivity contribution in [1.82, 2.24) is 20.0 Å². The zero-order chi connectivity index (χ0) is 21.0. The molecule has 162 valence electrons. The molecule has 8 nitrogen and oxygen atoms in total. The lowest BCUT2D eigenvalue weighted by molar-refractivity contribution is -0.138. The fourth-order valence-electron chi connectivity index (χ4n) is 5.87. The van der Waals surface area contributed by atoms with Crippen LogP contribution >= 0.6 is 0 Å². The third-order valence-corrected chi connectivity index (χ3v) is 7.25. The minimum Gasteiger partial charge on any atom is -0.468 e. The quantitative estimate of drug-likeness (QED) is 0.646. The molecule has 2 aromatic heterocycles. The monoisotopic (exact) mass is 422 g/mol. The van der Waals surface area contributed by atoms with Crippen LogP contribution in [0.15, 0.2) is 47.1 Å². The second-order valence-electron chi connectivity index (χ2n) is 9.09. The summed E-state index contributed by atoms with van der Waals surface area (Å²) in [7, 11) is 0. The SMILES string of the molecule is O=C(Cc1[nH]nc2ccccc12)N1C[C@@H]2[C@H](CO)[C@H]3CN(Cc4ccco4)C[C@]2(C1)O3. The number of likely N-dealkylation sites (tertiary alicyclic amines) is 2. The van der Waals surface area contributed by atoms with Crippen molar-refractivity contribution in [2.45, 2.75) is 24.7 Å². The average molecular weight is 422 g/mol. The Morgan fingerprint density at radius 3 is 2.97 bits per heavy atom. The molecule has 5 heterocycles. The Bertz CT molecular complexity index is 1100. The molecule has 3 saturated heterocycles. The van der Waals surface area contributed by atoms with E-state index in [1.54, 1.807) is 6.26 Å². The number of carbonyl (C=O) groups excluding carboxylic acids is 1. The first-order valence-electron chi connectivity index (χ1n) is 10.9. The molecule has 6 rings (SSSR count). The number of aliphatic hydroxyl groups excluding tert-OH is 1. The number of amides is 1. The molecule has 2 bridgehead atoms. The van der Waals surface area contributed by atoms with Gasteiger partial charge in [0, 0.05) is 43.5 Å². The first kappa shape index (κ1) is 19.0. The Morgan fingerprint density at radius 1 is 1.23 bits per heavy atom. The zero-order valence-electron chi connectivity index (χ0n) is 17.2. The van der Waals surface area contributed by atoms with Crippen LogP contribution in [0.5, 0.6) is 0 Å². The summed E-state index contributed by atoms with van der Waals surface area (Å²) in [5.74, 6) is 1.18. The molecule has 3 aliphatic rings. The molecule has 3 aliphatic heterocycles. The van der Waals surface area contributed by atoms with Crippen molar-refractivity contribution in [3.63, 3.8) is 0 Å². The molecule has 0 aliphatic carbocycles. The van der Waals surface area contributed by atoms with Gasteiger partial charge in [0.05, 0.1) is 43.1 Å². The van der Waals surface area contributed by atoms with Crippen molar-refractivity contribution in [2.75, 3.05) is 32.8 Å². The van der Waals surface area contributed by atoms with E-state index < -0.39 is 5.60 Å². The lowest BCUT2D eigenvalue weighted by Gasteiger charge is -2.40. The minimum absolute atomic E-state index is 0.00693. The molecule has 3 aromatic rings. The summed E-state index contributed by atoms with van der Waals surface area (Å²) >= 11 is 0. The number of para-hydroxylation sites is 1. The summed E-state index contributed by atoms with van der Waals surface area (Å²) in [6.07, 6.45) is 1.97. The van der Waals surface area contributed by atoms with E-state index in [2.05, 4.69) is 15.1 Å². The van der Waals surface area contributed by atoms with E-state index in [0.717, 1.165) is 35.4 Å². The molecule has 2 N–H and O–H groups in total. The molecular formula is C23H26N4O4. The van der Waals surface area contributed by atoms with Gasteiger partial charge in [-0.1, -0.05) is 18.2 Å². The smallest absolute Gasteiger partial charge is 0.228 e. The predicted molar refractivity (Wildman–Crippen MR) is 112 cm³/mol. The van der Waals surface area contributed by atoms with Crippen molar-refractivity contribution in [3.8, 4) is 0 Å². The predicted octanol–water partition coefficient (Wildman–Crippen LogP) is 1.42. The highest BCUT2D eigenvalue weighted by molar-refractivity contribution is 5.87. The second-order valence-corrected chi connectivity index (χ2v) is 9.09. The number of furan rings is 1. The number of hydrogen-bond donors (Lipinski definition) is 2. The Hall–Kier alpha value is -2.68. The van der Waals surface area contributed by atoms with Gasteiger partial charge in [0.25, 0.3) is 0 Å². The highest BCUT2D eigenvalue weighted by Gasteiger charge is 2.62. The molecular weight excluding hydrogens is 396 g/mol. The molecule has 31 heavy (non-hydrogen) atoms. The number of nitrogens with one attached hydrogen (secondary N) is 1. The molecule has 1 amide bonds. The van der Waals surface area contributed by atoms with Crippen LogP contribution in [0.4, 0.5) is 0 Å². The normalized spacial score (nSPS) is 30.2. The van der Waals surface area contributed by atoms with Gasteiger partial charge in [-0.3, -0.25) is 14.8 Å². The van der Waals surface area contributed by atoms with E-state index in [1.165, 1.54) is 0 Å². The fourth-order valence-corrected chi connectivity index (χ4v) is 5.87. The van der Waals surface area contributed by atoms with Crippen LogP contribution in [0, 0.1) is 11.8 Å². The van der Waals surface area contributed by atoms with Crippen LogP contribution in [0.3, 0.4) is 0 Å². The number of aromatic nitrogens is 2. The van der Waals surface area contributed by atoms with Crippen molar-refractivity contribution >= 4 is 16.8 Å². The van der Waals surface area contributed by atoms with E-state index in [-0.39, 0.29) is 36.9 Å². The van der Waals surface area contributed by atoms with Gasteiger partial charge in [0.2, 0.25) is 5.91 Å². The maximum atomic E-state index is 13.2. The van der Waals surface area contributed by atoms with Crippen LogP contribution in [0.25, 0.3) is 10.9 Å². The van der Waals surface area contributed by atoms with Gasteiger partial charge >= 0.3 is 0 Å².